The van der Waals surface area contributed by atoms with Crippen molar-refractivity contribution in [2.45, 2.75) is 135 Å². The summed E-state index contributed by atoms with van der Waals surface area (Å²) >= 11 is 0. The fourth-order valence-electron chi connectivity index (χ4n) is 7.95. The first-order valence-electron chi connectivity index (χ1n) is 14.0. The second kappa shape index (κ2) is 11.6. The van der Waals surface area contributed by atoms with Crippen molar-refractivity contribution in [2.75, 3.05) is 6.61 Å². The molecule has 3 fully saturated rings. The monoisotopic (exact) mass is 476 g/mol. The zero-order chi connectivity index (χ0) is 25.0. The minimum absolute atomic E-state index is 0.239. The zero-order valence-electron chi connectivity index (χ0n) is 22.4. The third kappa shape index (κ3) is 6.96. The standard InChI is InChI=1S/C30H52O4/c1-28(2,34)14-8-16-29(3,15-5-6-18-31)27-13-12-26-23(9-7-17-30(26,27)4)11-10-22-19-24(32)21-25(33)20-22/h10-11,24-27,31-34H,5-9,12-21H2,1-4H3/b22-10-,23-11+/t24?,25-,26?,27-,29+,30+/m1/s1. The summed E-state index contributed by atoms with van der Waals surface area (Å²) in [6.45, 7) is 9.15. The molecule has 3 rings (SSSR count). The Hall–Kier alpha value is -0.680. The maximum atomic E-state index is 10.3. The van der Waals surface area contributed by atoms with E-state index in [1.54, 1.807) is 5.57 Å². The van der Waals surface area contributed by atoms with E-state index in [2.05, 4.69) is 26.0 Å². The van der Waals surface area contributed by atoms with E-state index in [9.17, 15) is 20.4 Å². The topological polar surface area (TPSA) is 80.9 Å². The van der Waals surface area contributed by atoms with E-state index in [1.807, 2.05) is 13.8 Å². The molecule has 0 saturated heterocycles. The lowest BCUT2D eigenvalue weighted by molar-refractivity contribution is 0.0110. The predicted molar refractivity (Wildman–Crippen MR) is 139 cm³/mol. The largest absolute Gasteiger partial charge is 0.396 e. The van der Waals surface area contributed by atoms with Crippen molar-refractivity contribution in [1.29, 1.82) is 0 Å². The summed E-state index contributed by atoms with van der Waals surface area (Å²) in [5.74, 6) is 1.29. The Labute approximate surface area is 208 Å². The summed E-state index contributed by atoms with van der Waals surface area (Å²) in [5.41, 5.74) is 2.69. The van der Waals surface area contributed by atoms with E-state index in [0.717, 1.165) is 38.5 Å². The molecule has 3 aliphatic carbocycles. The van der Waals surface area contributed by atoms with E-state index in [1.165, 1.54) is 37.7 Å². The highest BCUT2D eigenvalue weighted by molar-refractivity contribution is 5.26. The first kappa shape index (κ1) is 27.9. The molecule has 0 bridgehead atoms. The average molecular weight is 477 g/mol. The van der Waals surface area contributed by atoms with E-state index >= 15 is 0 Å². The molecule has 0 aromatic rings. The quantitative estimate of drug-likeness (QED) is 0.288. The summed E-state index contributed by atoms with van der Waals surface area (Å²) in [6.07, 6.45) is 18.0. The first-order valence-corrected chi connectivity index (χ1v) is 14.0. The van der Waals surface area contributed by atoms with Crippen LogP contribution in [0.5, 0.6) is 0 Å². The number of hydrogen-bond acceptors (Lipinski definition) is 4. The van der Waals surface area contributed by atoms with Crippen LogP contribution in [0.2, 0.25) is 0 Å². The summed E-state index contributed by atoms with van der Waals surface area (Å²) in [4.78, 5) is 0. The highest BCUT2D eigenvalue weighted by Crippen LogP contribution is 2.64. The number of rotatable bonds is 10. The van der Waals surface area contributed by atoms with Gasteiger partial charge in [0.25, 0.3) is 0 Å². The Balaban J connectivity index is 1.78. The van der Waals surface area contributed by atoms with Crippen LogP contribution in [0.4, 0.5) is 0 Å². The molecule has 34 heavy (non-hydrogen) atoms. The Bertz CT molecular complexity index is 708. The molecule has 3 saturated carbocycles. The molecule has 196 valence electrons. The van der Waals surface area contributed by atoms with Gasteiger partial charge in [-0.25, -0.2) is 0 Å². The van der Waals surface area contributed by atoms with E-state index < -0.39 is 17.8 Å². The van der Waals surface area contributed by atoms with Crippen LogP contribution >= 0.6 is 0 Å². The molecule has 2 unspecified atom stereocenters. The highest BCUT2D eigenvalue weighted by atomic mass is 16.3. The fourth-order valence-corrected chi connectivity index (χ4v) is 7.95. The van der Waals surface area contributed by atoms with Gasteiger partial charge in [0.1, 0.15) is 0 Å². The molecule has 0 aromatic carbocycles. The van der Waals surface area contributed by atoms with Crippen LogP contribution in [0.3, 0.4) is 0 Å². The molecule has 4 N–H and O–H groups in total. The smallest absolute Gasteiger partial charge is 0.0602 e. The molecular formula is C30H52O4. The van der Waals surface area contributed by atoms with Crippen molar-refractivity contribution in [3.05, 3.63) is 23.3 Å². The minimum atomic E-state index is -0.608. The van der Waals surface area contributed by atoms with Gasteiger partial charge < -0.3 is 20.4 Å². The number of allylic oxidation sites excluding steroid dienone is 3. The van der Waals surface area contributed by atoms with Gasteiger partial charge in [0.2, 0.25) is 0 Å². The number of unbranched alkanes of at least 4 members (excludes halogenated alkanes) is 1. The molecule has 4 heteroatoms. The highest BCUT2D eigenvalue weighted by Gasteiger charge is 2.54. The van der Waals surface area contributed by atoms with Crippen LogP contribution in [-0.4, -0.2) is 44.8 Å². The lowest BCUT2D eigenvalue weighted by Gasteiger charge is -2.50. The van der Waals surface area contributed by atoms with Crippen molar-refractivity contribution in [1.82, 2.24) is 0 Å². The normalized spacial score (nSPS) is 36.6. The summed E-state index contributed by atoms with van der Waals surface area (Å²) < 4.78 is 0. The van der Waals surface area contributed by atoms with Gasteiger partial charge in [-0.3, -0.25) is 0 Å². The zero-order valence-corrected chi connectivity index (χ0v) is 22.4. The lowest BCUT2D eigenvalue weighted by Crippen LogP contribution is -2.41. The first-order chi connectivity index (χ1) is 16.0. The predicted octanol–water partition coefficient (Wildman–Crippen LogP) is 6.07. The van der Waals surface area contributed by atoms with Crippen LogP contribution in [0.1, 0.15) is 118 Å². The van der Waals surface area contributed by atoms with Crippen molar-refractivity contribution >= 4 is 0 Å². The van der Waals surface area contributed by atoms with Gasteiger partial charge in [0.05, 0.1) is 17.8 Å². The Morgan fingerprint density at radius 1 is 0.941 bits per heavy atom. The van der Waals surface area contributed by atoms with Crippen LogP contribution in [-0.2, 0) is 0 Å². The summed E-state index contributed by atoms with van der Waals surface area (Å²) in [5, 5.41) is 39.8. The molecule has 0 amide bonds. The molecular weight excluding hydrogens is 424 g/mol. The van der Waals surface area contributed by atoms with Gasteiger partial charge in [0.15, 0.2) is 0 Å². The van der Waals surface area contributed by atoms with Gasteiger partial charge in [-0.15, -0.1) is 0 Å². The second-order valence-corrected chi connectivity index (χ2v) is 13.1. The number of hydrogen-bond donors (Lipinski definition) is 4. The van der Waals surface area contributed by atoms with Crippen molar-refractivity contribution in [3.8, 4) is 0 Å². The van der Waals surface area contributed by atoms with Crippen LogP contribution in [0.25, 0.3) is 0 Å². The van der Waals surface area contributed by atoms with Crippen molar-refractivity contribution in [2.24, 2.45) is 22.7 Å². The van der Waals surface area contributed by atoms with Gasteiger partial charge >= 0.3 is 0 Å². The molecule has 0 heterocycles. The minimum Gasteiger partial charge on any atom is -0.396 e. The van der Waals surface area contributed by atoms with Crippen molar-refractivity contribution < 1.29 is 20.4 Å². The van der Waals surface area contributed by atoms with Gasteiger partial charge in [-0.1, -0.05) is 50.0 Å². The fraction of sp³-hybridized carbons (Fsp3) is 0.867. The third-order valence-corrected chi connectivity index (χ3v) is 9.57. The molecule has 4 nitrogen and oxygen atoms in total. The number of fused-ring (bicyclic) bond motifs is 1. The van der Waals surface area contributed by atoms with E-state index in [-0.39, 0.29) is 12.0 Å². The maximum Gasteiger partial charge on any atom is 0.0602 e. The number of aliphatic hydroxyl groups excluding tert-OH is 3. The van der Waals surface area contributed by atoms with Gasteiger partial charge in [-0.2, -0.15) is 0 Å². The Morgan fingerprint density at radius 2 is 1.62 bits per heavy atom. The molecule has 6 atom stereocenters. The van der Waals surface area contributed by atoms with Crippen LogP contribution in [0, 0.1) is 22.7 Å². The summed E-state index contributed by atoms with van der Waals surface area (Å²) in [6, 6.07) is 0. The Kier molecular flexibility index (Phi) is 9.50. The van der Waals surface area contributed by atoms with Crippen LogP contribution in [0.15, 0.2) is 23.3 Å². The van der Waals surface area contributed by atoms with E-state index in [4.69, 9.17) is 0 Å². The molecule has 0 radical (unpaired) electrons. The lowest BCUT2D eigenvalue weighted by atomic mass is 9.55. The van der Waals surface area contributed by atoms with Crippen LogP contribution < -0.4 is 0 Å². The second-order valence-electron chi connectivity index (χ2n) is 13.1. The molecule has 0 aromatic heterocycles. The summed E-state index contributed by atoms with van der Waals surface area (Å²) in [7, 11) is 0. The third-order valence-electron chi connectivity index (χ3n) is 9.57. The molecule has 0 spiro atoms. The SMILES string of the molecule is CC(C)(O)CCC[C@](C)(CCCCO)[C@H]1CCC2/C(=C/C=C3/CC(O)C[C@H](O)C3)CCC[C@@]21C. The maximum absolute atomic E-state index is 10.3. The number of aliphatic hydroxyl groups is 4. The van der Waals surface area contributed by atoms with E-state index in [0.29, 0.717) is 36.5 Å². The van der Waals surface area contributed by atoms with Crippen molar-refractivity contribution in [3.63, 3.8) is 0 Å². The average Bonchev–Trinajstić information content (AvgIpc) is 3.09. The molecule has 0 aliphatic heterocycles. The Morgan fingerprint density at radius 3 is 2.26 bits per heavy atom. The molecule has 3 aliphatic rings. The van der Waals surface area contributed by atoms with Gasteiger partial charge in [0, 0.05) is 6.61 Å². The van der Waals surface area contributed by atoms with Gasteiger partial charge in [-0.05, 0) is 114 Å².